The van der Waals surface area contributed by atoms with E-state index in [0.717, 1.165) is 19.4 Å². The van der Waals surface area contributed by atoms with Gasteiger partial charge >= 0.3 is 0 Å². The standard InChI is InChI=1S/C13H18N4/c1-17-8-9(2-3-14)4-10-5-12-11(6-13(10)17)7-15-16-12/h7,9-10,13H,2,4-6,8H2,1H3,(H,15,16). The van der Waals surface area contributed by atoms with E-state index in [1.165, 1.54) is 17.7 Å². The first kappa shape index (κ1) is 10.8. The van der Waals surface area contributed by atoms with Crippen molar-refractivity contribution in [3.8, 4) is 6.07 Å². The fraction of sp³-hybridized carbons (Fsp3) is 0.692. The Morgan fingerprint density at radius 3 is 3.29 bits per heavy atom. The van der Waals surface area contributed by atoms with Crippen LogP contribution in [-0.4, -0.2) is 34.7 Å². The molecular weight excluding hydrogens is 212 g/mol. The topological polar surface area (TPSA) is 55.7 Å². The molecular formula is C13H18N4. The Kier molecular flexibility index (Phi) is 2.64. The number of aromatic nitrogens is 2. The summed E-state index contributed by atoms with van der Waals surface area (Å²) in [5, 5.41) is 16.1. The van der Waals surface area contributed by atoms with E-state index in [1.54, 1.807) is 0 Å². The minimum Gasteiger partial charge on any atom is -0.302 e. The molecule has 1 N–H and O–H groups in total. The SMILES string of the molecule is CN1CC(CC#N)CC2Cc3[nH]ncc3CC21. The van der Waals surface area contributed by atoms with Gasteiger partial charge in [0.1, 0.15) is 0 Å². The van der Waals surface area contributed by atoms with Gasteiger partial charge in [-0.2, -0.15) is 10.4 Å². The number of piperidine rings is 1. The van der Waals surface area contributed by atoms with Gasteiger partial charge in [0.2, 0.25) is 0 Å². The molecule has 90 valence electrons. The second kappa shape index (κ2) is 4.15. The van der Waals surface area contributed by atoms with Crippen LogP contribution in [0.1, 0.15) is 24.1 Å². The van der Waals surface area contributed by atoms with E-state index < -0.39 is 0 Å². The van der Waals surface area contributed by atoms with E-state index in [-0.39, 0.29) is 0 Å². The van der Waals surface area contributed by atoms with Gasteiger partial charge in [-0.15, -0.1) is 0 Å². The third kappa shape index (κ3) is 1.85. The quantitative estimate of drug-likeness (QED) is 0.792. The first-order chi connectivity index (χ1) is 8.28. The summed E-state index contributed by atoms with van der Waals surface area (Å²) in [7, 11) is 2.20. The molecule has 0 bridgehead atoms. The third-order valence-electron chi connectivity index (χ3n) is 4.38. The number of hydrogen-bond donors (Lipinski definition) is 1. The number of aromatic amines is 1. The molecule has 0 saturated carbocycles. The second-order valence-corrected chi connectivity index (χ2v) is 5.51. The second-order valence-electron chi connectivity index (χ2n) is 5.51. The van der Waals surface area contributed by atoms with Crippen LogP contribution in [0.25, 0.3) is 0 Å². The van der Waals surface area contributed by atoms with Gasteiger partial charge in [0.05, 0.1) is 12.3 Å². The molecule has 2 heterocycles. The Hall–Kier alpha value is -1.34. The fourth-order valence-electron chi connectivity index (χ4n) is 3.56. The Bertz CT molecular complexity index is 445. The van der Waals surface area contributed by atoms with Crippen LogP contribution >= 0.6 is 0 Å². The van der Waals surface area contributed by atoms with Crippen molar-refractivity contribution in [3.63, 3.8) is 0 Å². The molecule has 1 aromatic rings. The number of nitrogens with zero attached hydrogens (tertiary/aromatic N) is 3. The molecule has 1 saturated heterocycles. The molecule has 3 atom stereocenters. The smallest absolute Gasteiger partial charge is 0.0625 e. The Balaban J connectivity index is 1.80. The van der Waals surface area contributed by atoms with E-state index in [9.17, 15) is 0 Å². The molecule has 3 unspecified atom stereocenters. The summed E-state index contributed by atoms with van der Waals surface area (Å²) >= 11 is 0. The molecule has 17 heavy (non-hydrogen) atoms. The predicted molar refractivity (Wildman–Crippen MR) is 64.2 cm³/mol. The summed E-state index contributed by atoms with van der Waals surface area (Å²) in [6, 6.07) is 2.97. The molecule has 1 aromatic heterocycles. The van der Waals surface area contributed by atoms with Crippen molar-refractivity contribution in [3.05, 3.63) is 17.5 Å². The van der Waals surface area contributed by atoms with Gasteiger partial charge in [-0.25, -0.2) is 0 Å². The van der Waals surface area contributed by atoms with Crippen molar-refractivity contribution in [1.29, 1.82) is 5.26 Å². The zero-order chi connectivity index (χ0) is 11.8. The van der Waals surface area contributed by atoms with Crippen LogP contribution in [0.5, 0.6) is 0 Å². The van der Waals surface area contributed by atoms with Crippen molar-refractivity contribution in [2.24, 2.45) is 11.8 Å². The van der Waals surface area contributed by atoms with E-state index in [4.69, 9.17) is 5.26 Å². The van der Waals surface area contributed by atoms with Crippen molar-refractivity contribution >= 4 is 0 Å². The van der Waals surface area contributed by atoms with Crippen molar-refractivity contribution in [1.82, 2.24) is 15.1 Å². The van der Waals surface area contributed by atoms with Crippen LogP contribution in [0.3, 0.4) is 0 Å². The summed E-state index contributed by atoms with van der Waals surface area (Å²) in [4.78, 5) is 2.45. The summed E-state index contributed by atoms with van der Waals surface area (Å²) < 4.78 is 0. The first-order valence-corrected chi connectivity index (χ1v) is 6.36. The zero-order valence-corrected chi connectivity index (χ0v) is 10.2. The fourth-order valence-corrected chi connectivity index (χ4v) is 3.56. The molecule has 1 aliphatic carbocycles. The van der Waals surface area contributed by atoms with Crippen molar-refractivity contribution in [2.45, 2.75) is 31.7 Å². The van der Waals surface area contributed by atoms with Crippen LogP contribution in [0, 0.1) is 23.2 Å². The highest BCUT2D eigenvalue weighted by molar-refractivity contribution is 5.23. The number of H-pyrrole nitrogens is 1. The average molecular weight is 230 g/mol. The van der Waals surface area contributed by atoms with Gasteiger partial charge < -0.3 is 4.90 Å². The Morgan fingerprint density at radius 1 is 1.59 bits per heavy atom. The van der Waals surface area contributed by atoms with Gasteiger partial charge in [-0.05, 0) is 43.7 Å². The number of likely N-dealkylation sites (tertiary alicyclic amines) is 1. The normalized spacial score (nSPS) is 32.6. The number of fused-ring (bicyclic) bond motifs is 2. The summed E-state index contributed by atoms with van der Waals surface area (Å²) in [5.41, 5.74) is 2.70. The Labute approximate surface area is 102 Å². The number of likely N-dealkylation sites (N-methyl/N-ethyl adjacent to an activating group) is 1. The lowest BCUT2D eigenvalue weighted by Gasteiger charge is -2.44. The molecule has 3 rings (SSSR count). The third-order valence-corrected chi connectivity index (χ3v) is 4.38. The average Bonchev–Trinajstić information content (AvgIpc) is 2.74. The molecule has 0 aromatic carbocycles. The largest absolute Gasteiger partial charge is 0.302 e. The molecule has 4 heteroatoms. The minimum atomic E-state index is 0.552. The van der Waals surface area contributed by atoms with E-state index in [2.05, 4.69) is 28.2 Å². The van der Waals surface area contributed by atoms with Crippen LogP contribution in [0.15, 0.2) is 6.20 Å². The first-order valence-electron chi connectivity index (χ1n) is 6.36. The van der Waals surface area contributed by atoms with Crippen LogP contribution in [-0.2, 0) is 12.8 Å². The maximum atomic E-state index is 8.84. The van der Waals surface area contributed by atoms with Gasteiger partial charge in [0.25, 0.3) is 0 Å². The highest BCUT2D eigenvalue weighted by Gasteiger charge is 2.37. The van der Waals surface area contributed by atoms with Gasteiger partial charge in [-0.1, -0.05) is 0 Å². The maximum absolute atomic E-state index is 8.84. The molecule has 2 aliphatic rings. The lowest BCUT2D eigenvalue weighted by molar-refractivity contribution is 0.0727. The maximum Gasteiger partial charge on any atom is 0.0625 e. The summed E-state index contributed by atoms with van der Waals surface area (Å²) in [6.45, 7) is 1.07. The Morgan fingerprint density at radius 2 is 2.47 bits per heavy atom. The molecule has 1 fully saturated rings. The number of nitrogens with one attached hydrogen (secondary N) is 1. The molecule has 0 spiro atoms. The molecule has 1 aliphatic heterocycles. The van der Waals surface area contributed by atoms with E-state index in [1.807, 2.05) is 6.20 Å². The number of nitriles is 1. The van der Waals surface area contributed by atoms with Crippen LogP contribution < -0.4 is 0 Å². The van der Waals surface area contributed by atoms with Gasteiger partial charge in [0, 0.05) is 24.7 Å². The number of hydrogen-bond acceptors (Lipinski definition) is 3. The van der Waals surface area contributed by atoms with E-state index >= 15 is 0 Å². The predicted octanol–water partition coefficient (Wildman–Crippen LogP) is 1.36. The van der Waals surface area contributed by atoms with Gasteiger partial charge in [0.15, 0.2) is 0 Å². The number of rotatable bonds is 1. The summed E-state index contributed by atoms with van der Waals surface area (Å²) in [6.07, 6.45) is 6.09. The lowest BCUT2D eigenvalue weighted by Crippen LogP contribution is -2.50. The molecule has 4 nitrogen and oxygen atoms in total. The van der Waals surface area contributed by atoms with E-state index in [0.29, 0.717) is 24.3 Å². The van der Waals surface area contributed by atoms with Crippen LogP contribution in [0.2, 0.25) is 0 Å². The van der Waals surface area contributed by atoms with Crippen molar-refractivity contribution in [2.75, 3.05) is 13.6 Å². The lowest BCUT2D eigenvalue weighted by atomic mass is 9.74. The summed E-state index contributed by atoms with van der Waals surface area (Å²) in [5.74, 6) is 1.25. The monoisotopic (exact) mass is 230 g/mol. The molecule has 0 radical (unpaired) electrons. The molecule has 0 amide bonds. The highest BCUT2D eigenvalue weighted by Crippen LogP contribution is 2.36. The van der Waals surface area contributed by atoms with Crippen LogP contribution in [0.4, 0.5) is 0 Å². The zero-order valence-electron chi connectivity index (χ0n) is 10.2. The minimum absolute atomic E-state index is 0.552. The van der Waals surface area contributed by atoms with Crippen molar-refractivity contribution < 1.29 is 0 Å². The van der Waals surface area contributed by atoms with Gasteiger partial charge in [-0.3, -0.25) is 5.10 Å². The highest BCUT2D eigenvalue weighted by atomic mass is 15.2.